The lowest BCUT2D eigenvalue weighted by Crippen LogP contribution is -2.36. The maximum absolute atomic E-state index is 13.9. The number of aromatic nitrogens is 3. The summed E-state index contributed by atoms with van der Waals surface area (Å²) in [4.78, 5) is 0. The zero-order valence-corrected chi connectivity index (χ0v) is 13.2. The third-order valence-electron chi connectivity index (χ3n) is 4.66. The molecule has 6 nitrogen and oxygen atoms in total. The van der Waals surface area contributed by atoms with Gasteiger partial charge >= 0.3 is 0 Å². The van der Waals surface area contributed by atoms with Crippen LogP contribution in [0.15, 0.2) is 18.2 Å². The van der Waals surface area contributed by atoms with Gasteiger partial charge in [-0.05, 0) is 43.9 Å². The lowest BCUT2D eigenvalue weighted by Gasteiger charge is -2.31. The summed E-state index contributed by atoms with van der Waals surface area (Å²) in [5.74, 6) is 1.65. The molecule has 2 aromatic rings. The highest BCUT2D eigenvalue weighted by molar-refractivity contribution is 5.36. The highest BCUT2D eigenvalue weighted by atomic mass is 19.1. The van der Waals surface area contributed by atoms with E-state index in [1.54, 1.807) is 0 Å². The molecule has 1 aromatic heterocycles. The Hall–Kier alpha value is -2.46. The SMILES string of the molecule is N#Cc1ccc(OCc2nnc(C3CC(N)C3)n2C2CC2)c(F)c1. The highest BCUT2D eigenvalue weighted by Gasteiger charge is 2.37. The van der Waals surface area contributed by atoms with E-state index < -0.39 is 5.82 Å². The lowest BCUT2D eigenvalue weighted by atomic mass is 9.80. The smallest absolute Gasteiger partial charge is 0.171 e. The van der Waals surface area contributed by atoms with E-state index in [4.69, 9.17) is 15.7 Å². The Morgan fingerprint density at radius 3 is 2.75 bits per heavy atom. The molecule has 0 atom stereocenters. The Labute approximate surface area is 139 Å². The van der Waals surface area contributed by atoms with Crippen LogP contribution in [0.1, 0.15) is 54.9 Å². The van der Waals surface area contributed by atoms with E-state index in [0.29, 0.717) is 12.0 Å². The molecule has 2 saturated carbocycles. The molecule has 124 valence electrons. The van der Waals surface area contributed by atoms with Crippen LogP contribution in [0.4, 0.5) is 4.39 Å². The number of benzene rings is 1. The molecule has 1 heterocycles. The Kier molecular flexibility index (Phi) is 3.69. The molecule has 2 aliphatic carbocycles. The van der Waals surface area contributed by atoms with Crippen LogP contribution in [0.5, 0.6) is 5.75 Å². The summed E-state index contributed by atoms with van der Waals surface area (Å²) in [6, 6.07) is 6.76. The maximum Gasteiger partial charge on any atom is 0.171 e. The van der Waals surface area contributed by atoms with Crippen LogP contribution in [0.2, 0.25) is 0 Å². The Bertz CT molecular complexity index is 802. The molecule has 2 N–H and O–H groups in total. The average molecular weight is 327 g/mol. The van der Waals surface area contributed by atoms with Gasteiger partial charge in [0.2, 0.25) is 0 Å². The minimum Gasteiger partial charge on any atom is -0.483 e. The first-order valence-corrected chi connectivity index (χ1v) is 8.17. The third kappa shape index (κ3) is 2.74. The van der Waals surface area contributed by atoms with Crippen molar-refractivity contribution in [2.45, 2.75) is 50.3 Å². The number of ether oxygens (including phenoxy) is 1. The van der Waals surface area contributed by atoms with E-state index >= 15 is 0 Å². The summed E-state index contributed by atoms with van der Waals surface area (Å²) in [5, 5.41) is 17.4. The van der Waals surface area contributed by atoms with Gasteiger partial charge in [0.05, 0.1) is 11.6 Å². The number of rotatable bonds is 5. The molecule has 0 bridgehead atoms. The largest absolute Gasteiger partial charge is 0.483 e. The number of nitrogens with zero attached hydrogens (tertiary/aromatic N) is 4. The molecular formula is C17H18FN5O. The first-order valence-electron chi connectivity index (χ1n) is 8.17. The van der Waals surface area contributed by atoms with Crippen molar-refractivity contribution in [3.63, 3.8) is 0 Å². The van der Waals surface area contributed by atoms with E-state index in [2.05, 4.69) is 14.8 Å². The zero-order chi connectivity index (χ0) is 16.7. The Morgan fingerprint density at radius 2 is 2.12 bits per heavy atom. The number of halogens is 1. The number of hydrogen-bond donors (Lipinski definition) is 1. The molecule has 0 spiro atoms. The summed E-state index contributed by atoms with van der Waals surface area (Å²) in [7, 11) is 0. The summed E-state index contributed by atoms with van der Waals surface area (Å²) < 4.78 is 21.6. The molecule has 0 amide bonds. The quantitative estimate of drug-likeness (QED) is 0.911. The predicted molar refractivity (Wildman–Crippen MR) is 83.7 cm³/mol. The van der Waals surface area contributed by atoms with Crippen molar-refractivity contribution in [3.05, 3.63) is 41.2 Å². The standard InChI is InChI=1S/C17H18FN5O/c18-14-5-10(8-19)1-4-15(14)24-9-16-21-22-17(11-6-12(20)7-11)23(16)13-2-3-13/h1,4-5,11-13H,2-3,6-7,9,20H2. The van der Waals surface area contributed by atoms with Crippen molar-refractivity contribution in [1.82, 2.24) is 14.8 Å². The molecule has 4 rings (SSSR count). The fraction of sp³-hybridized carbons (Fsp3) is 0.471. The van der Waals surface area contributed by atoms with Gasteiger partial charge in [0.1, 0.15) is 12.4 Å². The molecule has 0 aliphatic heterocycles. The first kappa shape index (κ1) is 15.1. The molecule has 0 saturated heterocycles. The van der Waals surface area contributed by atoms with Gasteiger partial charge in [0.25, 0.3) is 0 Å². The van der Waals surface area contributed by atoms with Crippen molar-refractivity contribution in [2.24, 2.45) is 5.73 Å². The van der Waals surface area contributed by atoms with E-state index in [0.717, 1.165) is 37.3 Å². The van der Waals surface area contributed by atoms with Crippen molar-refractivity contribution < 1.29 is 9.13 Å². The van der Waals surface area contributed by atoms with Gasteiger partial charge in [-0.2, -0.15) is 5.26 Å². The van der Waals surface area contributed by atoms with Crippen LogP contribution in [0.3, 0.4) is 0 Å². The maximum atomic E-state index is 13.9. The Balaban J connectivity index is 1.52. The van der Waals surface area contributed by atoms with E-state index in [-0.39, 0.29) is 24.0 Å². The van der Waals surface area contributed by atoms with Crippen molar-refractivity contribution in [2.75, 3.05) is 0 Å². The predicted octanol–water partition coefficient (Wildman–Crippen LogP) is 2.41. The van der Waals surface area contributed by atoms with Crippen LogP contribution in [-0.2, 0) is 6.61 Å². The number of hydrogen-bond acceptors (Lipinski definition) is 5. The molecule has 2 aliphatic rings. The number of nitriles is 1. The molecule has 2 fully saturated rings. The summed E-state index contributed by atoms with van der Waals surface area (Å²) >= 11 is 0. The fourth-order valence-corrected chi connectivity index (χ4v) is 3.15. The molecule has 7 heteroatoms. The van der Waals surface area contributed by atoms with E-state index in [1.807, 2.05) is 6.07 Å². The minimum atomic E-state index is -0.545. The summed E-state index contributed by atoms with van der Waals surface area (Å²) in [6.07, 6.45) is 4.11. The molecule has 1 aromatic carbocycles. The van der Waals surface area contributed by atoms with E-state index in [9.17, 15) is 4.39 Å². The van der Waals surface area contributed by atoms with Crippen LogP contribution in [0.25, 0.3) is 0 Å². The van der Waals surface area contributed by atoms with Gasteiger partial charge in [0.15, 0.2) is 17.4 Å². The third-order valence-corrected chi connectivity index (χ3v) is 4.66. The first-order chi connectivity index (χ1) is 11.7. The Morgan fingerprint density at radius 1 is 1.33 bits per heavy atom. The van der Waals surface area contributed by atoms with Gasteiger partial charge in [-0.15, -0.1) is 10.2 Å². The average Bonchev–Trinajstić information content (AvgIpc) is 3.31. The molecular weight excluding hydrogens is 309 g/mol. The summed E-state index contributed by atoms with van der Waals surface area (Å²) in [6.45, 7) is 0.158. The minimum absolute atomic E-state index is 0.117. The van der Waals surface area contributed by atoms with Gasteiger partial charge in [-0.3, -0.25) is 0 Å². The second kappa shape index (κ2) is 5.87. The van der Waals surface area contributed by atoms with Crippen molar-refractivity contribution in [3.8, 4) is 11.8 Å². The van der Waals surface area contributed by atoms with Crippen LogP contribution in [-0.4, -0.2) is 20.8 Å². The van der Waals surface area contributed by atoms with Crippen molar-refractivity contribution >= 4 is 0 Å². The molecule has 0 radical (unpaired) electrons. The summed E-state index contributed by atoms with van der Waals surface area (Å²) in [5.41, 5.74) is 6.15. The van der Waals surface area contributed by atoms with E-state index in [1.165, 1.54) is 18.2 Å². The van der Waals surface area contributed by atoms with Crippen LogP contribution >= 0.6 is 0 Å². The van der Waals surface area contributed by atoms with Gasteiger partial charge < -0.3 is 15.0 Å². The van der Waals surface area contributed by atoms with Crippen LogP contribution in [0, 0.1) is 17.1 Å². The zero-order valence-electron chi connectivity index (χ0n) is 13.2. The van der Waals surface area contributed by atoms with Gasteiger partial charge in [-0.1, -0.05) is 0 Å². The highest BCUT2D eigenvalue weighted by Crippen LogP contribution is 2.42. The molecule has 24 heavy (non-hydrogen) atoms. The monoisotopic (exact) mass is 327 g/mol. The van der Waals surface area contributed by atoms with Gasteiger partial charge in [-0.25, -0.2) is 4.39 Å². The normalized spacial score (nSPS) is 22.7. The second-order valence-corrected chi connectivity index (χ2v) is 6.55. The van der Waals surface area contributed by atoms with Gasteiger partial charge in [0, 0.05) is 18.0 Å². The fourth-order valence-electron chi connectivity index (χ4n) is 3.15. The lowest BCUT2D eigenvalue weighted by molar-refractivity contribution is 0.272. The topological polar surface area (TPSA) is 89.8 Å². The second-order valence-electron chi connectivity index (χ2n) is 6.55. The number of nitrogens with two attached hydrogens (primary N) is 1. The van der Waals surface area contributed by atoms with Crippen molar-refractivity contribution in [1.29, 1.82) is 5.26 Å². The van der Waals surface area contributed by atoms with Crippen LogP contribution < -0.4 is 10.5 Å². The molecule has 0 unspecified atom stereocenters.